The molecule has 1 aliphatic rings. The SMILES string of the molecule is Nc1nc(N)c2cnn(C3Cc4ccccc4N(S(=O)(=O)c4ccc(OC(F)(F)F)cc4)C3)c2n1. The van der Waals surface area contributed by atoms with Gasteiger partial charge in [0.1, 0.15) is 11.6 Å². The Hall–Kier alpha value is -4.07. The molecule has 14 heteroatoms. The van der Waals surface area contributed by atoms with E-state index in [1.165, 1.54) is 10.5 Å². The maximum atomic E-state index is 13.6. The first-order valence-electron chi connectivity index (χ1n) is 10.3. The van der Waals surface area contributed by atoms with Gasteiger partial charge in [0.2, 0.25) is 5.95 Å². The molecule has 10 nitrogen and oxygen atoms in total. The van der Waals surface area contributed by atoms with Crippen molar-refractivity contribution in [3.63, 3.8) is 0 Å². The van der Waals surface area contributed by atoms with Crippen LogP contribution in [-0.2, 0) is 16.4 Å². The van der Waals surface area contributed by atoms with Crippen LogP contribution in [0.4, 0.5) is 30.6 Å². The van der Waals surface area contributed by atoms with Crippen molar-refractivity contribution in [2.24, 2.45) is 0 Å². The van der Waals surface area contributed by atoms with E-state index in [0.29, 0.717) is 23.1 Å². The summed E-state index contributed by atoms with van der Waals surface area (Å²) in [6.07, 6.45) is -2.95. The zero-order valence-electron chi connectivity index (χ0n) is 17.8. The fraction of sp³-hybridized carbons (Fsp3) is 0.190. The molecule has 0 fully saturated rings. The minimum absolute atomic E-state index is 0.0132. The highest BCUT2D eigenvalue weighted by molar-refractivity contribution is 7.92. The van der Waals surface area contributed by atoms with E-state index in [-0.39, 0.29) is 23.2 Å². The molecular weight excluding hydrogens is 487 g/mol. The van der Waals surface area contributed by atoms with Gasteiger partial charge in [0.05, 0.1) is 34.8 Å². The molecule has 4 N–H and O–H groups in total. The molecule has 3 heterocycles. The summed E-state index contributed by atoms with van der Waals surface area (Å²) in [6, 6.07) is 10.5. The second kappa shape index (κ2) is 8.01. The van der Waals surface area contributed by atoms with Gasteiger partial charge in [-0.05, 0) is 42.3 Å². The number of hydrogen-bond donors (Lipinski definition) is 2. The summed E-state index contributed by atoms with van der Waals surface area (Å²) in [5.74, 6) is -0.412. The number of anilines is 3. The first-order chi connectivity index (χ1) is 16.5. The Bertz CT molecular complexity index is 1520. The van der Waals surface area contributed by atoms with Crippen LogP contribution in [-0.4, -0.2) is 41.1 Å². The van der Waals surface area contributed by atoms with Gasteiger partial charge >= 0.3 is 6.36 Å². The van der Waals surface area contributed by atoms with Crippen LogP contribution in [0.5, 0.6) is 5.75 Å². The zero-order chi connectivity index (χ0) is 25.0. The summed E-state index contributed by atoms with van der Waals surface area (Å²) in [5, 5.41) is 4.84. The Morgan fingerprint density at radius 3 is 2.46 bits per heavy atom. The average Bonchev–Trinajstić information content (AvgIpc) is 3.22. The van der Waals surface area contributed by atoms with Gasteiger partial charge in [0, 0.05) is 0 Å². The zero-order valence-corrected chi connectivity index (χ0v) is 18.7. The normalized spacial score (nSPS) is 16.3. The first-order valence-corrected chi connectivity index (χ1v) is 11.7. The van der Waals surface area contributed by atoms with E-state index in [2.05, 4.69) is 19.8 Å². The van der Waals surface area contributed by atoms with Crippen LogP contribution in [0.2, 0.25) is 0 Å². The highest BCUT2D eigenvalue weighted by Gasteiger charge is 2.36. The van der Waals surface area contributed by atoms with Gasteiger partial charge in [0.15, 0.2) is 5.65 Å². The molecule has 0 bridgehead atoms. The summed E-state index contributed by atoms with van der Waals surface area (Å²) in [7, 11) is -4.16. The maximum Gasteiger partial charge on any atom is 0.573 e. The molecule has 0 amide bonds. The van der Waals surface area contributed by atoms with Gasteiger partial charge < -0.3 is 16.2 Å². The number of sulfonamides is 1. The molecule has 5 rings (SSSR count). The fourth-order valence-electron chi connectivity index (χ4n) is 4.10. The second-order valence-corrected chi connectivity index (χ2v) is 9.70. The van der Waals surface area contributed by atoms with Crippen molar-refractivity contribution in [1.82, 2.24) is 19.7 Å². The van der Waals surface area contributed by atoms with Crippen molar-refractivity contribution in [3.05, 3.63) is 60.3 Å². The molecule has 1 unspecified atom stereocenters. The maximum absolute atomic E-state index is 13.6. The number of halogens is 3. The van der Waals surface area contributed by atoms with Crippen LogP contribution < -0.4 is 20.5 Å². The number of rotatable bonds is 4. The van der Waals surface area contributed by atoms with Crippen molar-refractivity contribution < 1.29 is 26.3 Å². The Morgan fingerprint density at radius 2 is 1.74 bits per heavy atom. The molecule has 1 atom stereocenters. The van der Waals surface area contributed by atoms with Gasteiger partial charge in [-0.25, -0.2) is 13.1 Å². The van der Waals surface area contributed by atoms with E-state index in [0.717, 1.165) is 29.8 Å². The minimum atomic E-state index is -4.89. The molecule has 2 aromatic heterocycles. The quantitative estimate of drug-likeness (QED) is 0.431. The molecule has 35 heavy (non-hydrogen) atoms. The van der Waals surface area contributed by atoms with Crippen molar-refractivity contribution >= 4 is 38.5 Å². The van der Waals surface area contributed by atoms with Crippen LogP contribution in [0, 0.1) is 0 Å². The van der Waals surface area contributed by atoms with E-state index in [1.54, 1.807) is 28.9 Å². The van der Waals surface area contributed by atoms with Crippen LogP contribution >= 0.6 is 0 Å². The molecule has 0 aliphatic carbocycles. The van der Waals surface area contributed by atoms with Gasteiger partial charge in [-0.15, -0.1) is 13.2 Å². The number of nitrogens with zero attached hydrogens (tertiary/aromatic N) is 5. The summed E-state index contributed by atoms with van der Waals surface area (Å²) in [4.78, 5) is 7.96. The lowest BCUT2D eigenvalue weighted by molar-refractivity contribution is -0.274. The summed E-state index contributed by atoms with van der Waals surface area (Å²) in [5.41, 5.74) is 13.2. The highest BCUT2D eigenvalue weighted by Crippen LogP contribution is 2.37. The molecule has 1 aliphatic heterocycles. The van der Waals surface area contributed by atoms with Crippen LogP contribution in [0.25, 0.3) is 11.0 Å². The van der Waals surface area contributed by atoms with Gasteiger partial charge in [-0.1, -0.05) is 18.2 Å². The molecule has 4 aromatic rings. The lowest BCUT2D eigenvalue weighted by Crippen LogP contribution is -2.41. The number of alkyl halides is 3. The second-order valence-electron chi connectivity index (χ2n) is 7.84. The average molecular weight is 505 g/mol. The van der Waals surface area contributed by atoms with Gasteiger partial charge in [0.25, 0.3) is 10.0 Å². The number of para-hydroxylation sites is 1. The van der Waals surface area contributed by atoms with Crippen molar-refractivity contribution in [2.75, 3.05) is 22.3 Å². The van der Waals surface area contributed by atoms with Crippen molar-refractivity contribution in [2.45, 2.75) is 23.7 Å². The highest BCUT2D eigenvalue weighted by atomic mass is 32.2. The molecule has 0 saturated carbocycles. The predicted molar refractivity (Wildman–Crippen MR) is 121 cm³/mol. The minimum Gasteiger partial charge on any atom is -0.406 e. The van der Waals surface area contributed by atoms with E-state index in [1.807, 2.05) is 0 Å². The van der Waals surface area contributed by atoms with Gasteiger partial charge in [-0.2, -0.15) is 15.1 Å². The monoisotopic (exact) mass is 505 g/mol. The number of nitrogen functional groups attached to an aromatic ring is 2. The number of benzene rings is 2. The topological polar surface area (TPSA) is 142 Å². The third-order valence-electron chi connectivity index (χ3n) is 5.58. The lowest BCUT2D eigenvalue weighted by Gasteiger charge is -2.35. The number of nitrogens with two attached hydrogens (primary N) is 2. The number of ether oxygens (including phenoxy) is 1. The van der Waals surface area contributed by atoms with Gasteiger partial charge in [-0.3, -0.25) is 4.31 Å². The number of aromatic nitrogens is 4. The van der Waals surface area contributed by atoms with Crippen LogP contribution in [0.1, 0.15) is 11.6 Å². The molecular formula is C21H18F3N7O3S. The molecule has 2 aromatic carbocycles. The third-order valence-corrected chi connectivity index (χ3v) is 7.38. The number of fused-ring (bicyclic) bond motifs is 2. The van der Waals surface area contributed by atoms with Crippen LogP contribution in [0.15, 0.2) is 59.6 Å². The molecule has 182 valence electrons. The van der Waals surface area contributed by atoms with E-state index in [4.69, 9.17) is 11.5 Å². The Balaban J connectivity index is 1.55. The Kier molecular flexibility index (Phi) is 5.20. The predicted octanol–water partition coefficient (Wildman–Crippen LogP) is 2.88. The van der Waals surface area contributed by atoms with E-state index >= 15 is 0 Å². The molecule has 0 saturated heterocycles. The smallest absolute Gasteiger partial charge is 0.406 e. The largest absolute Gasteiger partial charge is 0.573 e. The molecule has 0 spiro atoms. The fourth-order valence-corrected chi connectivity index (χ4v) is 5.64. The summed E-state index contributed by atoms with van der Waals surface area (Å²) >= 11 is 0. The Labute approximate surface area is 197 Å². The standard InChI is InChI=1S/C21H18F3N7O3S/c22-21(23,24)34-14-5-7-15(8-6-14)35(32,33)30-11-13(9-12-3-1-2-4-17(12)30)31-19-16(10-27-31)18(25)28-20(26)29-19/h1-8,10,13H,9,11H2,(H4,25,26,28,29). The number of hydrogen-bond acceptors (Lipinski definition) is 8. The third kappa shape index (κ3) is 4.16. The molecule has 0 radical (unpaired) electrons. The van der Waals surface area contributed by atoms with E-state index < -0.39 is 28.2 Å². The van der Waals surface area contributed by atoms with Crippen molar-refractivity contribution in [3.8, 4) is 5.75 Å². The Morgan fingerprint density at radius 1 is 1.03 bits per heavy atom. The van der Waals surface area contributed by atoms with E-state index in [9.17, 15) is 21.6 Å². The van der Waals surface area contributed by atoms with Crippen molar-refractivity contribution in [1.29, 1.82) is 0 Å². The first kappa shape index (κ1) is 22.7. The lowest BCUT2D eigenvalue weighted by atomic mass is 10.00. The van der Waals surface area contributed by atoms with Crippen LogP contribution in [0.3, 0.4) is 0 Å². The summed E-state index contributed by atoms with van der Waals surface area (Å²) in [6.45, 7) is -0.0132. The summed E-state index contributed by atoms with van der Waals surface area (Å²) < 4.78 is 71.3.